The third-order valence-corrected chi connectivity index (χ3v) is 6.11. The molecule has 0 radical (unpaired) electrons. The van der Waals surface area contributed by atoms with Gasteiger partial charge in [0, 0.05) is 18.5 Å². The number of aliphatic hydroxyl groups is 1. The predicted octanol–water partition coefficient (Wildman–Crippen LogP) is 4.46. The lowest BCUT2D eigenvalue weighted by atomic mass is 9.74. The number of halogens is 4. The van der Waals surface area contributed by atoms with Crippen LogP contribution in [0.25, 0.3) is 0 Å². The van der Waals surface area contributed by atoms with Crippen LogP contribution in [-0.4, -0.2) is 61.1 Å². The second-order valence-electron chi connectivity index (χ2n) is 9.16. The summed E-state index contributed by atoms with van der Waals surface area (Å²) in [6, 6.07) is 3.69. The van der Waals surface area contributed by atoms with Crippen LogP contribution < -0.4 is 4.74 Å². The summed E-state index contributed by atoms with van der Waals surface area (Å²) in [4.78, 5) is 13.2. The molecule has 182 valence electrons. The molecule has 1 atom stereocenters. The van der Waals surface area contributed by atoms with Gasteiger partial charge in [-0.3, -0.25) is 4.79 Å². The van der Waals surface area contributed by atoms with Crippen molar-refractivity contribution < 1.29 is 36.9 Å². The second-order valence-corrected chi connectivity index (χ2v) is 9.16. The van der Waals surface area contributed by atoms with Gasteiger partial charge in [0.1, 0.15) is 11.6 Å². The number of carbonyl (C=O) groups is 1. The summed E-state index contributed by atoms with van der Waals surface area (Å²) in [6.45, 7) is 5.17. The van der Waals surface area contributed by atoms with Crippen molar-refractivity contribution in [2.45, 2.75) is 63.6 Å². The molecule has 1 heterocycles. The van der Waals surface area contributed by atoms with Crippen LogP contribution in [0.3, 0.4) is 0 Å². The number of benzene rings is 1. The van der Waals surface area contributed by atoms with Gasteiger partial charge < -0.3 is 19.5 Å². The molecule has 0 amide bonds. The Morgan fingerprint density at radius 2 is 1.84 bits per heavy atom. The zero-order valence-electron chi connectivity index (χ0n) is 19.1. The van der Waals surface area contributed by atoms with Crippen LogP contribution in [0.2, 0.25) is 0 Å². The van der Waals surface area contributed by atoms with Crippen LogP contribution in [0.1, 0.15) is 52.0 Å². The Morgan fingerprint density at radius 1 is 1.22 bits per heavy atom. The largest absolute Gasteiger partial charge is 0.496 e. The molecule has 5 nitrogen and oxygen atoms in total. The van der Waals surface area contributed by atoms with E-state index in [0.717, 1.165) is 6.07 Å². The summed E-state index contributed by atoms with van der Waals surface area (Å²) in [5, 5.41) is 10.8. The highest BCUT2D eigenvalue weighted by Gasteiger charge is 2.57. The minimum absolute atomic E-state index is 0.0530. The Kier molecular flexibility index (Phi) is 8.56. The van der Waals surface area contributed by atoms with Crippen molar-refractivity contribution in [3.05, 3.63) is 29.6 Å². The Balaban J connectivity index is 2.14. The van der Waals surface area contributed by atoms with Crippen molar-refractivity contribution in [1.82, 2.24) is 4.90 Å². The summed E-state index contributed by atoms with van der Waals surface area (Å²) < 4.78 is 66.2. The number of nitrogens with zero attached hydrogens (tertiary/aromatic N) is 1. The molecule has 1 aliphatic heterocycles. The number of alkyl halides is 3. The fourth-order valence-corrected chi connectivity index (χ4v) is 4.46. The molecule has 1 unspecified atom stereocenters. The average molecular weight is 464 g/mol. The number of β-amino-alcohol motifs (C(OH)–C–C–N with tert-alkyl or cyclic N) is 1. The van der Waals surface area contributed by atoms with Crippen molar-refractivity contribution in [2.75, 3.05) is 33.4 Å². The monoisotopic (exact) mass is 463 g/mol. The van der Waals surface area contributed by atoms with E-state index in [-0.39, 0.29) is 29.6 Å². The first kappa shape index (κ1) is 26.4. The average Bonchev–Trinajstić information content (AvgIpc) is 2.68. The van der Waals surface area contributed by atoms with Crippen LogP contribution >= 0.6 is 0 Å². The van der Waals surface area contributed by atoms with Crippen molar-refractivity contribution in [3.63, 3.8) is 0 Å². The minimum Gasteiger partial charge on any atom is -0.496 e. The minimum atomic E-state index is -4.88. The summed E-state index contributed by atoms with van der Waals surface area (Å²) in [7, 11) is 1.36. The number of esters is 1. The Hall–Kier alpha value is -1.87. The van der Waals surface area contributed by atoms with Crippen molar-refractivity contribution >= 4 is 5.97 Å². The van der Waals surface area contributed by atoms with E-state index in [1.54, 1.807) is 11.8 Å². The quantitative estimate of drug-likeness (QED) is 0.433. The highest BCUT2D eigenvalue weighted by Crippen LogP contribution is 2.44. The van der Waals surface area contributed by atoms with Gasteiger partial charge >= 0.3 is 12.1 Å². The second kappa shape index (κ2) is 10.4. The van der Waals surface area contributed by atoms with Gasteiger partial charge in [0.2, 0.25) is 0 Å². The van der Waals surface area contributed by atoms with Crippen LogP contribution in [0.5, 0.6) is 5.75 Å². The van der Waals surface area contributed by atoms with E-state index >= 15 is 0 Å². The fraction of sp³-hybridized carbons (Fsp3) is 0.696. The molecule has 32 heavy (non-hydrogen) atoms. The molecule has 0 bridgehead atoms. The van der Waals surface area contributed by atoms with Crippen LogP contribution in [-0.2, 0) is 14.9 Å². The van der Waals surface area contributed by atoms with E-state index in [1.165, 1.54) is 33.1 Å². The molecule has 1 aliphatic rings. The number of hydrogen-bond acceptors (Lipinski definition) is 5. The summed E-state index contributed by atoms with van der Waals surface area (Å²) in [6.07, 6.45) is -4.20. The maximum absolute atomic E-state index is 14.1. The number of methoxy groups -OCH3 is 1. The molecule has 0 spiro atoms. The van der Waals surface area contributed by atoms with Gasteiger partial charge in [-0.15, -0.1) is 0 Å². The zero-order valence-corrected chi connectivity index (χ0v) is 19.1. The van der Waals surface area contributed by atoms with Crippen molar-refractivity contribution in [2.24, 2.45) is 5.92 Å². The lowest BCUT2D eigenvalue weighted by Crippen LogP contribution is -2.57. The zero-order chi connectivity index (χ0) is 24.2. The first-order valence-corrected chi connectivity index (χ1v) is 10.8. The molecule has 1 aromatic carbocycles. The van der Waals surface area contributed by atoms with Gasteiger partial charge in [-0.2, -0.15) is 13.2 Å². The van der Waals surface area contributed by atoms with Gasteiger partial charge in [-0.25, -0.2) is 4.39 Å². The van der Waals surface area contributed by atoms with E-state index in [9.17, 15) is 27.5 Å². The lowest BCUT2D eigenvalue weighted by Gasteiger charge is -2.42. The van der Waals surface area contributed by atoms with E-state index < -0.39 is 36.0 Å². The molecular weight excluding hydrogens is 430 g/mol. The SMILES string of the molecule is CCOC(=O)CC1CCN(CC(O)(CC(C)(C)c2cc(F)ccc2OC)C(F)(F)F)CC1. The van der Waals surface area contributed by atoms with E-state index in [0.29, 0.717) is 32.5 Å². The molecule has 2 rings (SSSR count). The van der Waals surface area contributed by atoms with Crippen LogP contribution in [0, 0.1) is 11.7 Å². The van der Waals surface area contributed by atoms with E-state index in [4.69, 9.17) is 9.47 Å². The number of rotatable bonds is 9. The first-order chi connectivity index (χ1) is 14.8. The highest BCUT2D eigenvalue weighted by atomic mass is 19.4. The predicted molar refractivity (Wildman–Crippen MR) is 112 cm³/mol. The molecule has 0 saturated carbocycles. The lowest BCUT2D eigenvalue weighted by molar-refractivity contribution is -0.272. The topological polar surface area (TPSA) is 59.0 Å². The van der Waals surface area contributed by atoms with Crippen LogP contribution in [0.4, 0.5) is 17.6 Å². The van der Waals surface area contributed by atoms with Gasteiger partial charge in [0.15, 0.2) is 5.60 Å². The third-order valence-electron chi connectivity index (χ3n) is 6.11. The van der Waals surface area contributed by atoms with E-state index in [2.05, 4.69) is 0 Å². The standard InChI is InChI=1S/C23H33F4NO4/c1-5-32-20(29)12-16-8-10-28(11-9-16)15-22(30,23(25,26)27)14-21(2,3)18-13-17(24)6-7-19(18)31-4/h6-7,13,16,30H,5,8-12,14-15H2,1-4H3. The Labute approximate surface area is 186 Å². The number of likely N-dealkylation sites (tertiary alicyclic amines) is 1. The molecule has 9 heteroatoms. The maximum atomic E-state index is 14.1. The third kappa shape index (κ3) is 6.57. The fourth-order valence-electron chi connectivity index (χ4n) is 4.46. The highest BCUT2D eigenvalue weighted by molar-refractivity contribution is 5.69. The Morgan fingerprint density at radius 3 is 2.38 bits per heavy atom. The number of carbonyl (C=O) groups excluding carboxylic acids is 1. The first-order valence-electron chi connectivity index (χ1n) is 10.8. The van der Waals surface area contributed by atoms with Crippen molar-refractivity contribution in [3.8, 4) is 5.75 Å². The summed E-state index contributed by atoms with van der Waals surface area (Å²) in [5.74, 6) is -0.574. The molecule has 1 N–H and O–H groups in total. The number of ether oxygens (including phenoxy) is 2. The van der Waals surface area contributed by atoms with Crippen LogP contribution in [0.15, 0.2) is 18.2 Å². The van der Waals surface area contributed by atoms with E-state index in [1.807, 2.05) is 0 Å². The normalized spacial score (nSPS) is 18.3. The molecule has 1 fully saturated rings. The Bertz CT molecular complexity index is 776. The van der Waals surface area contributed by atoms with Gasteiger partial charge in [0.05, 0.1) is 13.7 Å². The number of piperidine rings is 1. The molecule has 1 saturated heterocycles. The van der Waals surface area contributed by atoms with Crippen molar-refractivity contribution in [1.29, 1.82) is 0 Å². The van der Waals surface area contributed by atoms with Gasteiger partial charge in [-0.1, -0.05) is 13.8 Å². The molecule has 0 aliphatic carbocycles. The molecule has 1 aromatic rings. The van der Waals surface area contributed by atoms with Gasteiger partial charge in [-0.05, 0) is 68.8 Å². The molecular formula is C23H33F4NO4. The molecule has 0 aromatic heterocycles. The van der Waals surface area contributed by atoms with Gasteiger partial charge in [0.25, 0.3) is 0 Å². The maximum Gasteiger partial charge on any atom is 0.418 e. The smallest absolute Gasteiger partial charge is 0.418 e. The number of hydrogen-bond donors (Lipinski definition) is 1. The summed E-state index contributed by atoms with van der Waals surface area (Å²) >= 11 is 0. The summed E-state index contributed by atoms with van der Waals surface area (Å²) in [5.41, 5.74) is -3.96.